The number of rotatable bonds is 7. The summed E-state index contributed by atoms with van der Waals surface area (Å²) in [7, 11) is 1.47. The largest absolute Gasteiger partial charge is 0.504 e. The second kappa shape index (κ2) is 7.87. The molecule has 0 radical (unpaired) electrons. The highest BCUT2D eigenvalue weighted by Crippen LogP contribution is 2.26. The zero-order valence-corrected chi connectivity index (χ0v) is 11.5. The van der Waals surface area contributed by atoms with Crippen LogP contribution < -0.4 is 10.1 Å². The Balaban J connectivity index is 2.44. The second-order valence-corrected chi connectivity index (χ2v) is 4.83. The lowest BCUT2D eigenvalue weighted by Crippen LogP contribution is -2.24. The highest BCUT2D eigenvalue weighted by Gasteiger charge is 2.08. The lowest BCUT2D eigenvalue weighted by atomic mass is 10.2. The Kier molecular flexibility index (Phi) is 6.43. The van der Waals surface area contributed by atoms with Gasteiger partial charge in [-0.1, -0.05) is 0 Å². The van der Waals surface area contributed by atoms with Crippen molar-refractivity contribution in [1.29, 1.82) is 0 Å². The molecule has 1 rings (SSSR count). The van der Waals surface area contributed by atoms with Crippen LogP contribution in [0.5, 0.6) is 11.5 Å². The van der Waals surface area contributed by atoms with Crippen molar-refractivity contribution in [3.8, 4) is 11.5 Å². The molecular weight excluding hydrogens is 250 g/mol. The van der Waals surface area contributed by atoms with Crippen molar-refractivity contribution in [1.82, 2.24) is 5.32 Å². The Labute approximate surface area is 112 Å². The van der Waals surface area contributed by atoms with Gasteiger partial charge in [-0.05, 0) is 43.0 Å². The molecule has 100 valence electrons. The third-order valence-corrected chi connectivity index (χ3v) is 3.20. The predicted octanol–water partition coefficient (Wildman–Crippen LogP) is 2.27. The molecule has 0 saturated heterocycles. The second-order valence-electron chi connectivity index (χ2n) is 3.84. The van der Waals surface area contributed by atoms with Gasteiger partial charge in [0.25, 0.3) is 5.91 Å². The maximum Gasteiger partial charge on any atom is 0.251 e. The molecule has 0 aromatic heterocycles. The van der Waals surface area contributed by atoms with Gasteiger partial charge in [0.15, 0.2) is 11.5 Å². The molecule has 0 saturated carbocycles. The Morgan fingerprint density at radius 1 is 1.44 bits per heavy atom. The van der Waals surface area contributed by atoms with Crippen LogP contribution in [0.3, 0.4) is 0 Å². The number of thioether (sulfide) groups is 1. The van der Waals surface area contributed by atoms with Gasteiger partial charge < -0.3 is 15.2 Å². The first-order valence-electron chi connectivity index (χ1n) is 5.83. The number of hydrogen-bond acceptors (Lipinski definition) is 4. The maximum absolute atomic E-state index is 11.8. The van der Waals surface area contributed by atoms with Gasteiger partial charge in [0.2, 0.25) is 0 Å². The molecule has 0 aliphatic carbocycles. The summed E-state index contributed by atoms with van der Waals surface area (Å²) in [5.41, 5.74) is 0.443. The minimum absolute atomic E-state index is 0.0208. The monoisotopic (exact) mass is 269 g/mol. The molecule has 0 heterocycles. The van der Waals surface area contributed by atoms with E-state index >= 15 is 0 Å². The lowest BCUT2D eigenvalue weighted by Gasteiger charge is -2.07. The molecule has 1 aromatic rings. The molecule has 5 heteroatoms. The number of carbonyl (C=O) groups excluding carboxylic acids is 1. The van der Waals surface area contributed by atoms with Gasteiger partial charge in [-0.2, -0.15) is 11.8 Å². The number of benzene rings is 1. The third kappa shape index (κ3) is 4.49. The molecule has 0 aliphatic heterocycles. The maximum atomic E-state index is 11.8. The van der Waals surface area contributed by atoms with Crippen molar-refractivity contribution in [3.05, 3.63) is 23.8 Å². The smallest absolute Gasteiger partial charge is 0.251 e. The van der Waals surface area contributed by atoms with Crippen LogP contribution in [0.25, 0.3) is 0 Å². The van der Waals surface area contributed by atoms with Crippen LogP contribution in [0.2, 0.25) is 0 Å². The van der Waals surface area contributed by atoms with E-state index in [0.29, 0.717) is 17.9 Å². The summed E-state index contributed by atoms with van der Waals surface area (Å²) in [4.78, 5) is 11.8. The number of amides is 1. The summed E-state index contributed by atoms with van der Waals surface area (Å²) in [5.74, 6) is 1.29. The fraction of sp³-hybridized carbons (Fsp3) is 0.462. The number of ether oxygens (including phenoxy) is 1. The van der Waals surface area contributed by atoms with Gasteiger partial charge in [-0.15, -0.1) is 0 Å². The first-order valence-corrected chi connectivity index (χ1v) is 7.22. The van der Waals surface area contributed by atoms with E-state index in [1.807, 2.05) is 0 Å². The zero-order chi connectivity index (χ0) is 13.4. The molecule has 18 heavy (non-hydrogen) atoms. The Bertz CT molecular complexity index is 396. The van der Waals surface area contributed by atoms with Crippen LogP contribution in [0, 0.1) is 0 Å². The van der Waals surface area contributed by atoms with E-state index in [9.17, 15) is 9.90 Å². The normalized spacial score (nSPS) is 10.1. The predicted molar refractivity (Wildman–Crippen MR) is 74.6 cm³/mol. The van der Waals surface area contributed by atoms with Crippen LogP contribution in [0.4, 0.5) is 0 Å². The first kappa shape index (κ1) is 14.7. The SMILES string of the molecule is COc1ccc(C(=O)NCCCCSC)cc1O. The molecule has 4 nitrogen and oxygen atoms in total. The number of carbonyl (C=O) groups is 1. The molecule has 1 amide bonds. The van der Waals surface area contributed by atoms with E-state index in [1.165, 1.54) is 13.2 Å². The summed E-state index contributed by atoms with van der Waals surface area (Å²) in [5, 5.41) is 12.4. The van der Waals surface area contributed by atoms with Gasteiger partial charge in [0.05, 0.1) is 7.11 Å². The molecule has 0 fully saturated rings. The standard InChI is InChI=1S/C13H19NO3S/c1-17-12-6-5-10(9-11(12)15)13(16)14-7-3-4-8-18-2/h5-6,9,15H,3-4,7-8H2,1-2H3,(H,14,16). The van der Waals surface area contributed by atoms with Crippen molar-refractivity contribution >= 4 is 17.7 Å². The minimum atomic E-state index is -0.169. The average Bonchev–Trinajstić information content (AvgIpc) is 2.38. The molecule has 1 aromatic carbocycles. The van der Waals surface area contributed by atoms with E-state index in [-0.39, 0.29) is 11.7 Å². The first-order chi connectivity index (χ1) is 8.69. The van der Waals surface area contributed by atoms with Crippen molar-refractivity contribution < 1.29 is 14.6 Å². The molecule has 2 N–H and O–H groups in total. The summed E-state index contributed by atoms with van der Waals surface area (Å²) < 4.78 is 4.92. The molecule has 0 aliphatic rings. The number of methoxy groups -OCH3 is 1. The summed E-state index contributed by atoms with van der Waals surface area (Å²) in [6.07, 6.45) is 4.13. The van der Waals surface area contributed by atoms with Crippen LogP contribution in [-0.2, 0) is 0 Å². The van der Waals surface area contributed by atoms with Gasteiger partial charge in [-0.3, -0.25) is 4.79 Å². The molecule has 0 unspecified atom stereocenters. The van der Waals surface area contributed by atoms with Crippen LogP contribution in [0.15, 0.2) is 18.2 Å². The fourth-order valence-electron chi connectivity index (χ4n) is 1.51. The van der Waals surface area contributed by atoms with Gasteiger partial charge >= 0.3 is 0 Å². The Morgan fingerprint density at radius 2 is 2.22 bits per heavy atom. The summed E-state index contributed by atoms with van der Waals surface area (Å²) in [6.45, 7) is 0.659. The topological polar surface area (TPSA) is 58.6 Å². The molecule has 0 atom stereocenters. The van der Waals surface area contributed by atoms with Crippen LogP contribution >= 0.6 is 11.8 Å². The quantitative estimate of drug-likeness (QED) is 0.746. The van der Waals surface area contributed by atoms with Gasteiger partial charge in [0, 0.05) is 12.1 Å². The van der Waals surface area contributed by atoms with Gasteiger partial charge in [-0.25, -0.2) is 0 Å². The Morgan fingerprint density at radius 3 is 2.83 bits per heavy atom. The van der Waals surface area contributed by atoms with Crippen LogP contribution in [0.1, 0.15) is 23.2 Å². The number of phenolic OH excluding ortho intramolecular Hbond substituents is 1. The van der Waals surface area contributed by atoms with Gasteiger partial charge in [0.1, 0.15) is 0 Å². The van der Waals surface area contributed by atoms with E-state index < -0.39 is 0 Å². The number of aromatic hydroxyl groups is 1. The van der Waals surface area contributed by atoms with Crippen molar-refractivity contribution in [2.75, 3.05) is 25.7 Å². The number of hydrogen-bond donors (Lipinski definition) is 2. The minimum Gasteiger partial charge on any atom is -0.504 e. The molecule has 0 bridgehead atoms. The lowest BCUT2D eigenvalue weighted by molar-refractivity contribution is 0.0952. The highest BCUT2D eigenvalue weighted by atomic mass is 32.2. The van der Waals surface area contributed by atoms with E-state index in [0.717, 1.165) is 18.6 Å². The molecular formula is C13H19NO3S. The van der Waals surface area contributed by atoms with E-state index in [4.69, 9.17) is 4.74 Å². The summed E-state index contributed by atoms with van der Waals surface area (Å²) >= 11 is 1.80. The fourth-order valence-corrected chi connectivity index (χ4v) is 2.00. The third-order valence-electron chi connectivity index (χ3n) is 2.50. The molecule has 0 spiro atoms. The van der Waals surface area contributed by atoms with Crippen LogP contribution in [-0.4, -0.2) is 36.7 Å². The summed E-state index contributed by atoms with van der Waals surface area (Å²) in [6, 6.07) is 4.63. The number of nitrogens with one attached hydrogen (secondary N) is 1. The number of phenols is 1. The van der Waals surface area contributed by atoms with Crippen molar-refractivity contribution in [3.63, 3.8) is 0 Å². The van der Waals surface area contributed by atoms with E-state index in [1.54, 1.807) is 23.9 Å². The highest BCUT2D eigenvalue weighted by molar-refractivity contribution is 7.98. The zero-order valence-electron chi connectivity index (χ0n) is 10.7. The number of unbranched alkanes of at least 4 members (excludes halogenated alkanes) is 1. The average molecular weight is 269 g/mol. The van der Waals surface area contributed by atoms with Crippen molar-refractivity contribution in [2.24, 2.45) is 0 Å². The van der Waals surface area contributed by atoms with Crippen molar-refractivity contribution in [2.45, 2.75) is 12.8 Å². The van der Waals surface area contributed by atoms with E-state index in [2.05, 4.69) is 11.6 Å². The Hall–Kier alpha value is -1.36.